The summed E-state index contributed by atoms with van der Waals surface area (Å²) < 4.78 is 16.8. The Kier molecular flexibility index (Phi) is 61.4. The van der Waals surface area contributed by atoms with Gasteiger partial charge in [0.25, 0.3) is 0 Å². The van der Waals surface area contributed by atoms with Gasteiger partial charge >= 0.3 is 17.9 Å². The Morgan fingerprint density at radius 1 is 0.269 bits per heavy atom. The lowest BCUT2D eigenvalue weighted by Gasteiger charge is -2.18. The number of carbonyl (C=O) groups is 3. The Morgan fingerprint density at radius 2 is 0.500 bits per heavy atom. The summed E-state index contributed by atoms with van der Waals surface area (Å²) in [5.41, 5.74) is 0. The minimum Gasteiger partial charge on any atom is -0.462 e. The summed E-state index contributed by atoms with van der Waals surface area (Å²) in [4.78, 5) is 38.0. The third-order valence-corrected chi connectivity index (χ3v) is 13.4. The zero-order valence-electron chi connectivity index (χ0n) is 50.6. The van der Waals surface area contributed by atoms with Gasteiger partial charge in [0.2, 0.25) is 0 Å². The second-order valence-corrected chi connectivity index (χ2v) is 20.9. The molecule has 0 aromatic carbocycles. The van der Waals surface area contributed by atoms with E-state index in [1.165, 1.54) is 109 Å². The SMILES string of the molecule is CC/C=C\C/C=C\C/C=C\C/C=C\C/C=C\C/C=C\C/C=C\CCCCCC(=O)OC(COC(=O)CCCCCCCC)COC(=O)CCCCCCCCCCCCCCCCCC/C=C\C/C=C\C/C=C\C/C=C\CC. The van der Waals surface area contributed by atoms with Crippen LogP contribution in [0, 0.1) is 0 Å². The van der Waals surface area contributed by atoms with Crippen molar-refractivity contribution in [1.29, 1.82) is 0 Å². The number of esters is 3. The maximum absolute atomic E-state index is 12.8. The number of rotatable bonds is 57. The van der Waals surface area contributed by atoms with E-state index in [0.29, 0.717) is 12.8 Å². The molecule has 78 heavy (non-hydrogen) atoms. The fourth-order valence-electron chi connectivity index (χ4n) is 8.65. The summed E-state index contributed by atoms with van der Waals surface area (Å²) in [6.45, 7) is 6.33. The minimum atomic E-state index is -0.797. The molecule has 1 unspecified atom stereocenters. The molecule has 0 rings (SSSR count). The van der Waals surface area contributed by atoms with Gasteiger partial charge in [0.05, 0.1) is 0 Å². The third kappa shape index (κ3) is 62.4. The fraction of sp³-hybridized carbons (Fsp3) is 0.653. The zero-order chi connectivity index (χ0) is 56.4. The molecule has 0 heterocycles. The van der Waals surface area contributed by atoms with E-state index in [1.807, 2.05) is 0 Å². The predicted octanol–water partition coefficient (Wildman–Crippen LogP) is 22.2. The Balaban J connectivity index is 4.15. The van der Waals surface area contributed by atoms with Gasteiger partial charge in [-0.3, -0.25) is 14.4 Å². The first-order chi connectivity index (χ1) is 38.5. The smallest absolute Gasteiger partial charge is 0.306 e. The minimum absolute atomic E-state index is 0.0931. The zero-order valence-corrected chi connectivity index (χ0v) is 50.6. The van der Waals surface area contributed by atoms with Crippen molar-refractivity contribution in [2.45, 2.75) is 290 Å². The molecule has 0 N–H and O–H groups in total. The van der Waals surface area contributed by atoms with Crippen molar-refractivity contribution < 1.29 is 28.6 Å². The second-order valence-electron chi connectivity index (χ2n) is 20.9. The van der Waals surface area contributed by atoms with Gasteiger partial charge in [0.15, 0.2) is 6.10 Å². The molecule has 6 heteroatoms. The molecule has 0 aromatic heterocycles. The number of hydrogen-bond donors (Lipinski definition) is 0. The van der Waals surface area contributed by atoms with Crippen LogP contribution in [-0.4, -0.2) is 37.2 Å². The molecular formula is C72H118O6. The number of ether oxygens (including phenoxy) is 3. The highest BCUT2D eigenvalue weighted by molar-refractivity contribution is 5.71. The number of allylic oxidation sites excluding steroid dienone is 22. The number of unbranched alkanes of at least 4 members (excludes halogenated alkanes) is 24. The Morgan fingerprint density at radius 3 is 0.795 bits per heavy atom. The molecule has 0 saturated carbocycles. The van der Waals surface area contributed by atoms with E-state index in [4.69, 9.17) is 14.2 Å². The largest absolute Gasteiger partial charge is 0.462 e. The van der Waals surface area contributed by atoms with Crippen LogP contribution >= 0.6 is 0 Å². The standard InChI is InChI=1S/C72H118O6/c1-4-7-10-13-16-18-20-22-24-26-28-30-32-34-35-36-37-39-40-42-44-46-48-50-52-54-56-59-62-65-71(74)77-68-69(67-76-70(73)64-61-58-15-12-9-6-3)78-72(75)66-63-60-57-55-53-51-49-47-45-43-41-38-33-31-29-27-25-23-21-19-17-14-11-8-5-2/h7-8,10-11,16-19,22-25,28-31,38,41,45,47,51,53,69H,4-6,9,12-15,20-21,26-27,32-37,39-40,42-44,46,48-50,52,54-68H2,1-3H3/b10-7-,11-8-,18-16-,19-17-,24-22-,25-23-,30-28-,31-29-,41-38-,47-45-,53-51-. The molecule has 0 aliphatic rings. The third-order valence-electron chi connectivity index (χ3n) is 13.4. The van der Waals surface area contributed by atoms with E-state index in [9.17, 15) is 14.4 Å². The summed E-state index contributed by atoms with van der Waals surface area (Å²) in [5.74, 6) is -0.934. The molecule has 0 bridgehead atoms. The van der Waals surface area contributed by atoms with Gasteiger partial charge < -0.3 is 14.2 Å². The maximum atomic E-state index is 12.8. The highest BCUT2D eigenvalue weighted by atomic mass is 16.6. The van der Waals surface area contributed by atoms with Gasteiger partial charge in [0.1, 0.15) is 13.2 Å². The highest BCUT2D eigenvalue weighted by Gasteiger charge is 2.19. The Bertz CT molecular complexity index is 1670. The summed E-state index contributed by atoms with van der Waals surface area (Å²) in [7, 11) is 0. The summed E-state index contributed by atoms with van der Waals surface area (Å²) >= 11 is 0. The molecule has 1 atom stereocenters. The van der Waals surface area contributed by atoms with E-state index < -0.39 is 6.10 Å². The first kappa shape index (κ1) is 73.5. The summed E-state index contributed by atoms with van der Waals surface area (Å²) in [6.07, 6.45) is 92.1. The van der Waals surface area contributed by atoms with Crippen molar-refractivity contribution in [2.24, 2.45) is 0 Å². The van der Waals surface area contributed by atoms with Crippen LogP contribution in [-0.2, 0) is 28.6 Å². The van der Waals surface area contributed by atoms with Gasteiger partial charge in [-0.15, -0.1) is 0 Å². The van der Waals surface area contributed by atoms with Crippen molar-refractivity contribution in [3.63, 3.8) is 0 Å². The molecule has 0 aromatic rings. The lowest BCUT2D eigenvalue weighted by atomic mass is 10.0. The molecule has 0 spiro atoms. The van der Waals surface area contributed by atoms with E-state index >= 15 is 0 Å². The molecule has 6 nitrogen and oxygen atoms in total. The first-order valence-corrected chi connectivity index (χ1v) is 32.2. The van der Waals surface area contributed by atoms with Crippen LogP contribution in [0.3, 0.4) is 0 Å². The Hall–Kier alpha value is -4.45. The van der Waals surface area contributed by atoms with Crippen LogP contribution in [0.25, 0.3) is 0 Å². The lowest BCUT2D eigenvalue weighted by Crippen LogP contribution is -2.30. The van der Waals surface area contributed by atoms with Gasteiger partial charge in [-0.25, -0.2) is 0 Å². The maximum Gasteiger partial charge on any atom is 0.306 e. The van der Waals surface area contributed by atoms with Crippen LogP contribution in [0.2, 0.25) is 0 Å². The van der Waals surface area contributed by atoms with Crippen LogP contribution < -0.4 is 0 Å². The molecule has 0 aliphatic heterocycles. The monoisotopic (exact) mass is 1080 g/mol. The van der Waals surface area contributed by atoms with Crippen molar-refractivity contribution >= 4 is 17.9 Å². The normalized spacial score (nSPS) is 13.0. The second kappa shape index (κ2) is 65.1. The molecule has 0 radical (unpaired) electrons. The molecule has 0 amide bonds. The van der Waals surface area contributed by atoms with Crippen LogP contribution in [0.4, 0.5) is 0 Å². The lowest BCUT2D eigenvalue weighted by molar-refractivity contribution is -0.167. The van der Waals surface area contributed by atoms with Crippen molar-refractivity contribution in [2.75, 3.05) is 13.2 Å². The summed E-state index contributed by atoms with van der Waals surface area (Å²) in [5, 5.41) is 0. The van der Waals surface area contributed by atoms with E-state index in [1.54, 1.807) is 0 Å². The van der Waals surface area contributed by atoms with E-state index in [-0.39, 0.29) is 37.5 Å². The van der Waals surface area contributed by atoms with Crippen molar-refractivity contribution in [1.82, 2.24) is 0 Å². The van der Waals surface area contributed by atoms with Crippen LogP contribution in [0.5, 0.6) is 0 Å². The quantitative estimate of drug-likeness (QED) is 0.0261. The van der Waals surface area contributed by atoms with Gasteiger partial charge in [-0.2, -0.15) is 0 Å². The van der Waals surface area contributed by atoms with Gasteiger partial charge in [-0.05, 0) is 116 Å². The van der Waals surface area contributed by atoms with Crippen molar-refractivity contribution in [3.8, 4) is 0 Å². The van der Waals surface area contributed by atoms with Crippen LogP contribution in [0.1, 0.15) is 284 Å². The topological polar surface area (TPSA) is 78.9 Å². The van der Waals surface area contributed by atoms with Crippen LogP contribution in [0.15, 0.2) is 134 Å². The first-order valence-electron chi connectivity index (χ1n) is 32.2. The number of hydrogen-bond acceptors (Lipinski definition) is 6. The predicted molar refractivity (Wildman–Crippen MR) is 339 cm³/mol. The van der Waals surface area contributed by atoms with Gasteiger partial charge in [-0.1, -0.05) is 283 Å². The van der Waals surface area contributed by atoms with E-state index in [2.05, 4.69) is 154 Å². The molecule has 0 fully saturated rings. The Labute approximate surface area is 481 Å². The summed E-state index contributed by atoms with van der Waals surface area (Å²) in [6, 6.07) is 0. The molecular weight excluding hydrogens is 961 g/mol. The van der Waals surface area contributed by atoms with E-state index in [0.717, 1.165) is 135 Å². The fourth-order valence-corrected chi connectivity index (χ4v) is 8.65. The van der Waals surface area contributed by atoms with Crippen molar-refractivity contribution in [3.05, 3.63) is 134 Å². The number of carbonyl (C=O) groups excluding carboxylic acids is 3. The van der Waals surface area contributed by atoms with Gasteiger partial charge in [0, 0.05) is 19.3 Å². The average Bonchev–Trinajstić information content (AvgIpc) is 3.44. The highest BCUT2D eigenvalue weighted by Crippen LogP contribution is 2.16. The molecule has 442 valence electrons. The molecule has 0 aliphatic carbocycles. The average molecular weight is 1080 g/mol. The molecule has 0 saturated heterocycles.